The summed E-state index contributed by atoms with van der Waals surface area (Å²) in [6.45, 7) is 5.46. The molecule has 0 fully saturated rings. The van der Waals surface area contributed by atoms with E-state index in [0.29, 0.717) is 24.9 Å². The highest BCUT2D eigenvalue weighted by atomic mass is 16.6. The van der Waals surface area contributed by atoms with E-state index in [1.807, 2.05) is 0 Å². The third-order valence-electron chi connectivity index (χ3n) is 3.39. The molecule has 0 aliphatic rings. The Labute approximate surface area is 119 Å². The van der Waals surface area contributed by atoms with Gasteiger partial charge in [-0.25, -0.2) is 0 Å². The highest BCUT2D eigenvalue weighted by Crippen LogP contribution is 2.28. The quantitative estimate of drug-likeness (QED) is 0.450. The molecule has 0 aromatic heterocycles. The lowest BCUT2D eigenvalue weighted by molar-refractivity contribution is -0.384. The largest absolute Gasteiger partial charge is 0.398 e. The smallest absolute Gasteiger partial charge is 0.273 e. The van der Waals surface area contributed by atoms with Crippen molar-refractivity contribution in [1.29, 1.82) is 0 Å². The minimum Gasteiger partial charge on any atom is -0.398 e. The van der Waals surface area contributed by atoms with Crippen LogP contribution in [0.25, 0.3) is 0 Å². The summed E-state index contributed by atoms with van der Waals surface area (Å²) in [5, 5.41) is 11.0. The van der Waals surface area contributed by atoms with Crippen LogP contribution in [0.1, 0.15) is 26.7 Å². The minimum atomic E-state index is -0.415. The van der Waals surface area contributed by atoms with Gasteiger partial charge in [0.25, 0.3) is 5.69 Å². The van der Waals surface area contributed by atoms with Crippen LogP contribution in [-0.4, -0.2) is 31.2 Å². The number of nitrogens with zero attached hydrogens (tertiary/aromatic N) is 2. The molecule has 20 heavy (non-hydrogen) atoms. The van der Waals surface area contributed by atoms with E-state index in [1.165, 1.54) is 6.07 Å². The van der Waals surface area contributed by atoms with Crippen LogP contribution in [0.5, 0.6) is 0 Å². The molecule has 1 aromatic carbocycles. The molecule has 0 aliphatic carbocycles. The van der Waals surface area contributed by atoms with E-state index in [9.17, 15) is 10.1 Å². The van der Waals surface area contributed by atoms with E-state index in [-0.39, 0.29) is 5.69 Å². The molecule has 0 amide bonds. The number of nitro benzene ring substituents is 1. The van der Waals surface area contributed by atoms with Crippen LogP contribution in [0.4, 0.5) is 17.1 Å². The Balaban J connectivity index is 3.14. The number of anilines is 2. The van der Waals surface area contributed by atoms with Crippen molar-refractivity contribution in [1.82, 2.24) is 0 Å². The summed E-state index contributed by atoms with van der Waals surface area (Å²) in [5.74, 6) is 0. The first kappa shape index (κ1) is 16.2. The lowest BCUT2D eigenvalue weighted by atomic mass is 10.1. The van der Waals surface area contributed by atoms with Gasteiger partial charge in [-0.15, -0.1) is 0 Å². The fourth-order valence-electron chi connectivity index (χ4n) is 2.33. The third-order valence-corrected chi connectivity index (χ3v) is 3.39. The topological polar surface area (TPSA) is 81.6 Å². The molecule has 0 unspecified atom stereocenters. The molecule has 0 aliphatic heterocycles. The van der Waals surface area contributed by atoms with E-state index in [4.69, 9.17) is 10.5 Å². The maximum atomic E-state index is 11.0. The van der Waals surface area contributed by atoms with Gasteiger partial charge in [0, 0.05) is 43.2 Å². The maximum absolute atomic E-state index is 11.0. The Morgan fingerprint density at radius 2 is 2.00 bits per heavy atom. The van der Waals surface area contributed by atoms with Gasteiger partial charge in [0.15, 0.2) is 0 Å². The van der Waals surface area contributed by atoms with Crippen molar-refractivity contribution in [2.24, 2.45) is 0 Å². The highest BCUT2D eigenvalue weighted by Gasteiger charge is 2.18. The molecule has 112 valence electrons. The van der Waals surface area contributed by atoms with Gasteiger partial charge in [-0.1, -0.05) is 13.8 Å². The average molecular weight is 281 g/mol. The zero-order valence-electron chi connectivity index (χ0n) is 12.3. The number of methoxy groups -OCH3 is 1. The summed E-state index contributed by atoms with van der Waals surface area (Å²) in [4.78, 5) is 12.7. The number of nitrogen functional groups attached to an aromatic ring is 1. The Hall–Kier alpha value is -1.82. The van der Waals surface area contributed by atoms with E-state index >= 15 is 0 Å². The lowest BCUT2D eigenvalue weighted by Crippen LogP contribution is -2.37. The monoisotopic (exact) mass is 281 g/mol. The van der Waals surface area contributed by atoms with Crippen LogP contribution in [0, 0.1) is 10.1 Å². The number of rotatable bonds is 8. The molecule has 1 rings (SSSR count). The molecule has 2 N–H and O–H groups in total. The lowest BCUT2D eigenvalue weighted by Gasteiger charge is -2.32. The van der Waals surface area contributed by atoms with Crippen LogP contribution < -0.4 is 10.6 Å². The number of non-ortho nitro benzene ring substituents is 1. The highest BCUT2D eigenvalue weighted by molar-refractivity contribution is 5.63. The molecule has 0 atom stereocenters. The predicted octanol–water partition coefficient (Wildman–Crippen LogP) is 2.82. The van der Waals surface area contributed by atoms with E-state index in [1.54, 1.807) is 19.2 Å². The van der Waals surface area contributed by atoms with Gasteiger partial charge in [0.1, 0.15) is 0 Å². The number of benzene rings is 1. The van der Waals surface area contributed by atoms with Crippen molar-refractivity contribution in [2.45, 2.75) is 32.7 Å². The first-order chi connectivity index (χ1) is 9.53. The summed E-state index contributed by atoms with van der Waals surface area (Å²) >= 11 is 0. The summed E-state index contributed by atoms with van der Waals surface area (Å²) in [6, 6.07) is 5.04. The minimum absolute atomic E-state index is 0.0216. The molecule has 0 spiro atoms. The van der Waals surface area contributed by atoms with Crippen molar-refractivity contribution in [2.75, 3.05) is 30.9 Å². The first-order valence-corrected chi connectivity index (χ1v) is 6.84. The van der Waals surface area contributed by atoms with Crippen molar-refractivity contribution in [3.05, 3.63) is 28.3 Å². The molecule has 0 saturated heterocycles. The van der Waals surface area contributed by atoms with Crippen LogP contribution in [0.15, 0.2) is 18.2 Å². The second-order valence-corrected chi connectivity index (χ2v) is 4.70. The number of nitrogens with two attached hydrogens (primary N) is 1. The van der Waals surface area contributed by atoms with Gasteiger partial charge in [-0.2, -0.15) is 0 Å². The van der Waals surface area contributed by atoms with Gasteiger partial charge in [0.2, 0.25) is 0 Å². The van der Waals surface area contributed by atoms with Crippen LogP contribution in [0.2, 0.25) is 0 Å². The fourth-order valence-corrected chi connectivity index (χ4v) is 2.33. The zero-order valence-corrected chi connectivity index (χ0v) is 12.3. The van der Waals surface area contributed by atoms with Crippen molar-refractivity contribution >= 4 is 17.1 Å². The van der Waals surface area contributed by atoms with Gasteiger partial charge in [-0.3, -0.25) is 10.1 Å². The summed E-state index contributed by atoms with van der Waals surface area (Å²) < 4.78 is 5.13. The summed E-state index contributed by atoms with van der Waals surface area (Å²) in [5.41, 5.74) is 6.99. The first-order valence-electron chi connectivity index (χ1n) is 6.84. The Morgan fingerprint density at radius 3 is 2.50 bits per heavy atom. The molecule has 0 bridgehead atoms. The molecule has 0 radical (unpaired) electrons. The predicted molar refractivity (Wildman–Crippen MR) is 81.1 cm³/mol. The van der Waals surface area contributed by atoms with Crippen LogP contribution in [0.3, 0.4) is 0 Å². The Bertz CT molecular complexity index is 447. The van der Waals surface area contributed by atoms with Gasteiger partial charge >= 0.3 is 0 Å². The Morgan fingerprint density at radius 1 is 1.35 bits per heavy atom. The second-order valence-electron chi connectivity index (χ2n) is 4.70. The SMILES string of the molecule is CCC(CC)N(CCOC)c1cc(N)cc([N+](=O)[O-])c1. The molecule has 1 aromatic rings. The number of nitro groups is 1. The molecule has 6 nitrogen and oxygen atoms in total. The number of hydrogen-bond acceptors (Lipinski definition) is 5. The molecule has 0 heterocycles. The van der Waals surface area contributed by atoms with Crippen molar-refractivity contribution < 1.29 is 9.66 Å². The van der Waals surface area contributed by atoms with Crippen LogP contribution in [-0.2, 0) is 4.74 Å². The molecule has 6 heteroatoms. The van der Waals surface area contributed by atoms with Crippen LogP contribution >= 0.6 is 0 Å². The zero-order chi connectivity index (χ0) is 15.1. The van der Waals surface area contributed by atoms with E-state index < -0.39 is 4.92 Å². The summed E-state index contributed by atoms with van der Waals surface area (Å²) in [7, 11) is 1.65. The Kier molecular flexibility index (Phi) is 6.24. The molecular formula is C14H23N3O3. The normalized spacial score (nSPS) is 10.8. The van der Waals surface area contributed by atoms with E-state index in [0.717, 1.165) is 18.5 Å². The number of hydrogen-bond donors (Lipinski definition) is 1. The average Bonchev–Trinajstić information content (AvgIpc) is 2.42. The van der Waals surface area contributed by atoms with Gasteiger partial charge < -0.3 is 15.4 Å². The fraction of sp³-hybridized carbons (Fsp3) is 0.571. The maximum Gasteiger partial charge on any atom is 0.273 e. The van der Waals surface area contributed by atoms with Crippen molar-refractivity contribution in [3.63, 3.8) is 0 Å². The van der Waals surface area contributed by atoms with Gasteiger partial charge in [0.05, 0.1) is 11.5 Å². The summed E-state index contributed by atoms with van der Waals surface area (Å²) in [6.07, 6.45) is 1.92. The van der Waals surface area contributed by atoms with Gasteiger partial charge in [-0.05, 0) is 18.9 Å². The number of ether oxygens (including phenoxy) is 1. The molecule has 0 saturated carbocycles. The third kappa shape index (κ3) is 4.09. The standard InChI is InChI=1S/C14H23N3O3/c1-4-12(5-2)16(6-7-20-3)13-8-11(15)9-14(10-13)17(18)19/h8-10,12H,4-7,15H2,1-3H3. The van der Waals surface area contributed by atoms with Crippen molar-refractivity contribution in [3.8, 4) is 0 Å². The second kappa shape index (κ2) is 7.69. The molecular weight excluding hydrogens is 258 g/mol. The van der Waals surface area contributed by atoms with E-state index in [2.05, 4.69) is 18.7 Å².